The quantitative estimate of drug-likeness (QED) is 0.879. The SMILES string of the molecule is Cc1ccc(O)c(CN2CCC[C@H](CNC(=O)c3ccccc3)C2)n1. The van der Waals surface area contributed by atoms with Crippen LogP contribution < -0.4 is 5.32 Å². The van der Waals surface area contributed by atoms with Crippen molar-refractivity contribution in [2.24, 2.45) is 5.92 Å². The molecule has 1 atom stereocenters. The predicted molar refractivity (Wildman–Crippen MR) is 97.4 cm³/mol. The predicted octanol–water partition coefficient (Wildman–Crippen LogP) is 2.74. The minimum Gasteiger partial charge on any atom is -0.506 e. The lowest BCUT2D eigenvalue weighted by atomic mass is 9.97. The van der Waals surface area contributed by atoms with E-state index in [0.717, 1.165) is 37.3 Å². The average molecular weight is 339 g/mol. The molecular formula is C20H25N3O2. The summed E-state index contributed by atoms with van der Waals surface area (Å²) in [6, 6.07) is 12.8. The summed E-state index contributed by atoms with van der Waals surface area (Å²) >= 11 is 0. The van der Waals surface area contributed by atoms with Gasteiger partial charge in [0, 0.05) is 30.9 Å². The lowest BCUT2D eigenvalue weighted by Gasteiger charge is -2.32. The van der Waals surface area contributed by atoms with Gasteiger partial charge in [0.15, 0.2) is 0 Å². The Morgan fingerprint density at radius 1 is 1.28 bits per heavy atom. The number of piperidine rings is 1. The van der Waals surface area contributed by atoms with E-state index in [1.54, 1.807) is 6.07 Å². The largest absolute Gasteiger partial charge is 0.506 e. The molecule has 1 fully saturated rings. The van der Waals surface area contributed by atoms with Crippen molar-refractivity contribution >= 4 is 5.91 Å². The van der Waals surface area contributed by atoms with Crippen molar-refractivity contribution in [3.05, 3.63) is 59.4 Å². The maximum Gasteiger partial charge on any atom is 0.251 e. The molecule has 2 heterocycles. The van der Waals surface area contributed by atoms with E-state index < -0.39 is 0 Å². The Morgan fingerprint density at radius 2 is 2.08 bits per heavy atom. The summed E-state index contributed by atoms with van der Waals surface area (Å²) in [7, 11) is 0. The van der Waals surface area contributed by atoms with Crippen molar-refractivity contribution in [1.29, 1.82) is 0 Å². The third kappa shape index (κ3) is 4.79. The van der Waals surface area contributed by atoms with Gasteiger partial charge in [-0.2, -0.15) is 0 Å². The number of hydrogen-bond donors (Lipinski definition) is 2. The number of amides is 1. The van der Waals surface area contributed by atoms with E-state index in [0.29, 0.717) is 24.6 Å². The lowest BCUT2D eigenvalue weighted by molar-refractivity contribution is 0.0930. The standard InChI is InChI=1S/C20H25N3O2/c1-15-9-10-19(24)18(22-15)14-23-11-5-6-16(13-23)12-21-20(25)17-7-3-2-4-8-17/h2-4,7-10,16,24H,5-6,11-14H2,1H3,(H,21,25)/t16-/m1/s1. The Hall–Kier alpha value is -2.40. The smallest absolute Gasteiger partial charge is 0.251 e. The molecule has 2 aromatic rings. The Bertz CT molecular complexity index is 718. The average Bonchev–Trinajstić information content (AvgIpc) is 2.64. The fraction of sp³-hybridized carbons (Fsp3) is 0.400. The molecule has 1 aliphatic rings. The molecule has 3 rings (SSSR count). The molecule has 5 heteroatoms. The van der Waals surface area contributed by atoms with Crippen molar-refractivity contribution < 1.29 is 9.90 Å². The van der Waals surface area contributed by atoms with Crippen LogP contribution in [-0.2, 0) is 6.54 Å². The highest BCUT2D eigenvalue weighted by Crippen LogP contribution is 2.21. The third-order valence-corrected chi connectivity index (χ3v) is 4.65. The van der Waals surface area contributed by atoms with Crippen LogP contribution >= 0.6 is 0 Å². The van der Waals surface area contributed by atoms with Gasteiger partial charge in [-0.15, -0.1) is 0 Å². The van der Waals surface area contributed by atoms with Crippen LogP contribution in [0.2, 0.25) is 0 Å². The van der Waals surface area contributed by atoms with Crippen molar-refractivity contribution in [2.45, 2.75) is 26.3 Å². The molecule has 1 amide bonds. The number of aromatic hydroxyl groups is 1. The van der Waals surface area contributed by atoms with Gasteiger partial charge < -0.3 is 10.4 Å². The molecule has 0 radical (unpaired) electrons. The maximum atomic E-state index is 12.2. The number of aromatic nitrogens is 1. The van der Waals surface area contributed by atoms with E-state index >= 15 is 0 Å². The van der Waals surface area contributed by atoms with Crippen LogP contribution in [-0.4, -0.2) is 40.5 Å². The number of carbonyl (C=O) groups excluding carboxylic acids is 1. The van der Waals surface area contributed by atoms with Crippen molar-refractivity contribution in [3.8, 4) is 5.75 Å². The fourth-order valence-electron chi connectivity index (χ4n) is 3.32. The number of benzene rings is 1. The van der Waals surface area contributed by atoms with Gasteiger partial charge in [-0.1, -0.05) is 18.2 Å². The summed E-state index contributed by atoms with van der Waals surface area (Å²) in [6.45, 7) is 5.16. The highest BCUT2D eigenvalue weighted by molar-refractivity contribution is 5.94. The number of nitrogens with zero attached hydrogens (tertiary/aromatic N) is 2. The topological polar surface area (TPSA) is 65.5 Å². The highest BCUT2D eigenvalue weighted by Gasteiger charge is 2.22. The molecule has 1 aliphatic heterocycles. The highest BCUT2D eigenvalue weighted by atomic mass is 16.3. The summed E-state index contributed by atoms with van der Waals surface area (Å²) in [6.07, 6.45) is 2.21. The zero-order valence-corrected chi connectivity index (χ0v) is 14.6. The minimum atomic E-state index is -0.0179. The first-order valence-corrected chi connectivity index (χ1v) is 8.83. The number of carbonyl (C=O) groups is 1. The molecule has 2 N–H and O–H groups in total. The fourth-order valence-corrected chi connectivity index (χ4v) is 3.32. The zero-order valence-electron chi connectivity index (χ0n) is 14.6. The van der Waals surface area contributed by atoms with Crippen molar-refractivity contribution in [3.63, 3.8) is 0 Å². The molecule has 1 aromatic carbocycles. The molecule has 0 unspecified atom stereocenters. The molecule has 132 valence electrons. The van der Waals surface area contributed by atoms with Gasteiger partial charge in [0.2, 0.25) is 0 Å². The zero-order chi connectivity index (χ0) is 17.6. The van der Waals surface area contributed by atoms with Crippen LogP contribution in [0.3, 0.4) is 0 Å². The lowest BCUT2D eigenvalue weighted by Crippen LogP contribution is -2.40. The molecule has 1 aromatic heterocycles. The summed E-state index contributed by atoms with van der Waals surface area (Å²) in [5, 5.41) is 13.0. The van der Waals surface area contributed by atoms with E-state index in [1.807, 2.05) is 43.3 Å². The third-order valence-electron chi connectivity index (χ3n) is 4.65. The van der Waals surface area contributed by atoms with Gasteiger partial charge in [0.05, 0.1) is 5.69 Å². The van der Waals surface area contributed by atoms with Crippen LogP contribution in [0.25, 0.3) is 0 Å². The van der Waals surface area contributed by atoms with E-state index in [2.05, 4.69) is 15.2 Å². The Morgan fingerprint density at radius 3 is 2.88 bits per heavy atom. The van der Waals surface area contributed by atoms with E-state index in [1.165, 1.54) is 0 Å². The molecule has 0 bridgehead atoms. The minimum absolute atomic E-state index is 0.0179. The van der Waals surface area contributed by atoms with Crippen LogP contribution in [0.5, 0.6) is 5.75 Å². The number of hydrogen-bond acceptors (Lipinski definition) is 4. The molecule has 0 saturated carbocycles. The van der Waals surface area contributed by atoms with Crippen molar-refractivity contribution in [1.82, 2.24) is 15.2 Å². The molecular weight excluding hydrogens is 314 g/mol. The van der Waals surface area contributed by atoms with Gasteiger partial charge >= 0.3 is 0 Å². The first kappa shape index (κ1) is 17.4. The molecule has 5 nitrogen and oxygen atoms in total. The van der Waals surface area contributed by atoms with Crippen molar-refractivity contribution in [2.75, 3.05) is 19.6 Å². The Kier molecular flexibility index (Phi) is 5.66. The number of pyridine rings is 1. The van der Waals surface area contributed by atoms with Gasteiger partial charge in [-0.05, 0) is 56.5 Å². The Balaban J connectivity index is 1.53. The number of likely N-dealkylation sites (tertiary alicyclic amines) is 1. The molecule has 0 aliphatic carbocycles. The first-order valence-electron chi connectivity index (χ1n) is 8.83. The summed E-state index contributed by atoms with van der Waals surface area (Å²) in [4.78, 5) is 18.9. The van der Waals surface area contributed by atoms with Crippen LogP contribution in [0.1, 0.15) is 34.6 Å². The first-order chi connectivity index (χ1) is 12.1. The summed E-state index contributed by atoms with van der Waals surface area (Å²) in [5.41, 5.74) is 2.34. The summed E-state index contributed by atoms with van der Waals surface area (Å²) < 4.78 is 0. The van der Waals surface area contributed by atoms with E-state index in [9.17, 15) is 9.90 Å². The molecule has 1 saturated heterocycles. The Labute approximate surface area is 148 Å². The second kappa shape index (κ2) is 8.12. The number of rotatable bonds is 5. The molecule has 0 spiro atoms. The van der Waals surface area contributed by atoms with Crippen LogP contribution in [0.4, 0.5) is 0 Å². The second-order valence-corrected chi connectivity index (χ2v) is 6.74. The van der Waals surface area contributed by atoms with Crippen LogP contribution in [0, 0.1) is 12.8 Å². The number of aryl methyl sites for hydroxylation is 1. The number of nitrogens with one attached hydrogen (secondary N) is 1. The van der Waals surface area contributed by atoms with Crippen LogP contribution in [0.15, 0.2) is 42.5 Å². The summed E-state index contributed by atoms with van der Waals surface area (Å²) in [5.74, 6) is 0.661. The van der Waals surface area contributed by atoms with E-state index in [4.69, 9.17) is 0 Å². The van der Waals surface area contributed by atoms with Gasteiger partial charge in [0.1, 0.15) is 5.75 Å². The van der Waals surface area contributed by atoms with E-state index in [-0.39, 0.29) is 11.7 Å². The van der Waals surface area contributed by atoms with Gasteiger partial charge in [-0.3, -0.25) is 14.7 Å². The monoisotopic (exact) mass is 339 g/mol. The normalized spacial score (nSPS) is 18.0. The second-order valence-electron chi connectivity index (χ2n) is 6.74. The maximum absolute atomic E-state index is 12.2. The van der Waals surface area contributed by atoms with Gasteiger partial charge in [-0.25, -0.2) is 0 Å². The molecule has 25 heavy (non-hydrogen) atoms. The van der Waals surface area contributed by atoms with Gasteiger partial charge in [0.25, 0.3) is 5.91 Å².